The van der Waals surface area contributed by atoms with Gasteiger partial charge in [-0.1, -0.05) is 72.0 Å². The van der Waals surface area contributed by atoms with Crippen LogP contribution in [0.3, 0.4) is 0 Å². The van der Waals surface area contributed by atoms with Crippen LogP contribution in [0.4, 0.5) is 0 Å². The Balaban J connectivity index is 0.00000211. The highest BCUT2D eigenvalue weighted by atomic mass is 14.4. The first-order valence-corrected chi connectivity index (χ1v) is 9.85. The Morgan fingerprint density at radius 2 is 1.41 bits per heavy atom. The molecule has 130 valence electrons. The molecule has 1 aliphatic rings. The molecular weight excluding hydrogens is 264 g/mol. The van der Waals surface area contributed by atoms with Crippen LogP contribution in [-0.4, -0.2) is 0 Å². The molecule has 0 aromatic rings. The largest absolute Gasteiger partial charge is 0.106 e. The van der Waals surface area contributed by atoms with Gasteiger partial charge in [-0.05, 0) is 55.8 Å². The van der Waals surface area contributed by atoms with Crippen molar-refractivity contribution >= 4 is 0 Å². The van der Waals surface area contributed by atoms with E-state index in [-0.39, 0.29) is 0 Å². The summed E-state index contributed by atoms with van der Waals surface area (Å²) in [5, 5.41) is 0. The molecule has 1 aliphatic carbocycles. The van der Waals surface area contributed by atoms with Crippen LogP contribution >= 0.6 is 0 Å². The van der Waals surface area contributed by atoms with E-state index in [4.69, 9.17) is 0 Å². The lowest BCUT2D eigenvalue weighted by Crippen LogP contribution is -2.15. The molecule has 0 heterocycles. The van der Waals surface area contributed by atoms with Gasteiger partial charge in [-0.3, -0.25) is 0 Å². The third-order valence-electron chi connectivity index (χ3n) is 5.45. The Morgan fingerprint density at radius 3 is 2.05 bits per heavy atom. The lowest BCUT2D eigenvalue weighted by atomic mass is 9.82. The summed E-state index contributed by atoms with van der Waals surface area (Å²) in [7, 11) is 0. The van der Waals surface area contributed by atoms with E-state index >= 15 is 0 Å². The quantitative estimate of drug-likeness (QED) is 0.285. The van der Waals surface area contributed by atoms with Gasteiger partial charge in [-0.25, -0.2) is 0 Å². The van der Waals surface area contributed by atoms with Gasteiger partial charge in [0, 0.05) is 0 Å². The summed E-state index contributed by atoms with van der Waals surface area (Å²) in [6, 6.07) is 0. The van der Waals surface area contributed by atoms with Crippen LogP contribution in [0.25, 0.3) is 0 Å². The van der Waals surface area contributed by atoms with E-state index in [1.807, 2.05) is 0 Å². The SMILES string of the molecule is C=C.CCCCC/C=C\C[C@@H]1[C@@H](CCCCC)[C@H](C)C[C@@H]1C. The van der Waals surface area contributed by atoms with Crippen LogP contribution < -0.4 is 0 Å². The topological polar surface area (TPSA) is 0 Å². The van der Waals surface area contributed by atoms with Crippen molar-refractivity contribution in [3.8, 4) is 0 Å². The van der Waals surface area contributed by atoms with Crippen LogP contribution in [-0.2, 0) is 0 Å². The van der Waals surface area contributed by atoms with Crippen LogP contribution in [0.5, 0.6) is 0 Å². The molecule has 0 heteroatoms. The molecule has 0 radical (unpaired) electrons. The Hall–Kier alpha value is -0.520. The molecule has 0 aromatic heterocycles. The first-order chi connectivity index (χ1) is 10.7. The van der Waals surface area contributed by atoms with Gasteiger partial charge in [0.15, 0.2) is 0 Å². The van der Waals surface area contributed by atoms with Crippen molar-refractivity contribution < 1.29 is 0 Å². The lowest BCUT2D eigenvalue weighted by Gasteiger charge is -2.24. The van der Waals surface area contributed by atoms with E-state index in [0.717, 1.165) is 23.7 Å². The molecule has 1 fully saturated rings. The molecule has 0 aromatic carbocycles. The standard InChI is InChI=1S/C20H38.C2H4/c1-5-7-9-10-11-13-15-20-18(4)16-17(3)19(20)14-12-8-6-2;1-2/h11,13,17-20H,5-10,12,14-16H2,1-4H3;1-2H2/b13-11-;/t17-,18+,19+,20+;/m1./s1. The van der Waals surface area contributed by atoms with Gasteiger partial charge < -0.3 is 0 Å². The van der Waals surface area contributed by atoms with Gasteiger partial charge in [-0.15, -0.1) is 13.2 Å². The minimum absolute atomic E-state index is 0.942. The van der Waals surface area contributed by atoms with Crippen molar-refractivity contribution in [2.75, 3.05) is 0 Å². The Labute approximate surface area is 141 Å². The number of hydrogen-bond acceptors (Lipinski definition) is 0. The summed E-state index contributed by atoms with van der Waals surface area (Å²) in [4.78, 5) is 0. The zero-order chi connectivity index (χ0) is 16.8. The van der Waals surface area contributed by atoms with Crippen molar-refractivity contribution in [3.05, 3.63) is 25.3 Å². The highest BCUT2D eigenvalue weighted by molar-refractivity contribution is 4.93. The first-order valence-electron chi connectivity index (χ1n) is 9.85. The molecule has 0 aliphatic heterocycles. The number of rotatable bonds is 10. The molecule has 0 amide bonds. The third-order valence-corrected chi connectivity index (χ3v) is 5.45. The highest BCUT2D eigenvalue weighted by Gasteiger charge is 2.36. The van der Waals surface area contributed by atoms with Crippen LogP contribution in [0.2, 0.25) is 0 Å². The Bertz CT molecular complexity index is 265. The summed E-state index contributed by atoms with van der Waals surface area (Å²) >= 11 is 0. The number of hydrogen-bond donors (Lipinski definition) is 0. The molecule has 0 N–H and O–H groups in total. The molecule has 4 atom stereocenters. The van der Waals surface area contributed by atoms with Crippen LogP contribution in [0, 0.1) is 23.7 Å². The minimum Gasteiger partial charge on any atom is -0.106 e. The molecule has 1 saturated carbocycles. The fourth-order valence-corrected chi connectivity index (χ4v) is 4.20. The minimum atomic E-state index is 0.942. The zero-order valence-corrected chi connectivity index (χ0v) is 15.9. The smallest absolute Gasteiger partial charge is 0.0317 e. The van der Waals surface area contributed by atoms with E-state index in [1.165, 1.54) is 64.2 Å². The van der Waals surface area contributed by atoms with Gasteiger partial charge in [0.1, 0.15) is 0 Å². The summed E-state index contributed by atoms with van der Waals surface area (Å²) < 4.78 is 0. The van der Waals surface area contributed by atoms with Gasteiger partial charge in [0.25, 0.3) is 0 Å². The fraction of sp³-hybridized carbons (Fsp3) is 0.818. The summed E-state index contributed by atoms with van der Waals surface area (Å²) in [5.41, 5.74) is 0. The highest BCUT2D eigenvalue weighted by Crippen LogP contribution is 2.45. The third kappa shape index (κ3) is 8.20. The van der Waals surface area contributed by atoms with Crippen molar-refractivity contribution in [2.24, 2.45) is 23.7 Å². The predicted octanol–water partition coefficient (Wildman–Crippen LogP) is 7.80. The van der Waals surface area contributed by atoms with E-state index in [9.17, 15) is 0 Å². The van der Waals surface area contributed by atoms with Gasteiger partial charge in [-0.2, -0.15) is 0 Å². The van der Waals surface area contributed by atoms with Crippen molar-refractivity contribution in [2.45, 2.75) is 91.9 Å². The monoisotopic (exact) mass is 306 g/mol. The second-order valence-corrected chi connectivity index (χ2v) is 7.22. The summed E-state index contributed by atoms with van der Waals surface area (Å²) in [6.45, 7) is 15.6. The van der Waals surface area contributed by atoms with Crippen molar-refractivity contribution in [1.29, 1.82) is 0 Å². The number of unbranched alkanes of at least 4 members (excludes halogenated alkanes) is 5. The summed E-state index contributed by atoms with van der Waals surface area (Å²) in [5.74, 6) is 3.86. The average molecular weight is 307 g/mol. The average Bonchev–Trinajstić information content (AvgIpc) is 2.79. The maximum absolute atomic E-state index is 3.00. The molecule has 22 heavy (non-hydrogen) atoms. The molecular formula is C22H42. The predicted molar refractivity (Wildman–Crippen MR) is 103 cm³/mol. The lowest BCUT2D eigenvalue weighted by molar-refractivity contribution is 0.275. The molecule has 0 bridgehead atoms. The zero-order valence-electron chi connectivity index (χ0n) is 15.9. The van der Waals surface area contributed by atoms with Crippen molar-refractivity contribution in [1.82, 2.24) is 0 Å². The molecule has 1 rings (SSSR count). The van der Waals surface area contributed by atoms with E-state index in [2.05, 4.69) is 53.0 Å². The maximum atomic E-state index is 3.00. The molecule has 0 nitrogen and oxygen atoms in total. The Kier molecular flexibility index (Phi) is 13.8. The molecule has 0 spiro atoms. The number of allylic oxidation sites excluding steroid dienone is 2. The van der Waals surface area contributed by atoms with E-state index in [1.54, 1.807) is 0 Å². The first kappa shape index (κ1) is 21.5. The van der Waals surface area contributed by atoms with Gasteiger partial charge in [0.05, 0.1) is 0 Å². The van der Waals surface area contributed by atoms with Crippen molar-refractivity contribution in [3.63, 3.8) is 0 Å². The van der Waals surface area contributed by atoms with E-state index < -0.39 is 0 Å². The molecule has 0 unspecified atom stereocenters. The van der Waals surface area contributed by atoms with Gasteiger partial charge in [0.2, 0.25) is 0 Å². The second kappa shape index (κ2) is 14.1. The van der Waals surface area contributed by atoms with Crippen LogP contribution in [0.15, 0.2) is 25.3 Å². The molecule has 0 saturated heterocycles. The summed E-state index contributed by atoms with van der Waals surface area (Å²) in [6.07, 6.45) is 18.9. The maximum Gasteiger partial charge on any atom is -0.0317 e. The van der Waals surface area contributed by atoms with Crippen LogP contribution in [0.1, 0.15) is 91.9 Å². The van der Waals surface area contributed by atoms with E-state index in [0.29, 0.717) is 0 Å². The normalized spacial score (nSPS) is 27.8. The van der Waals surface area contributed by atoms with Gasteiger partial charge >= 0.3 is 0 Å². The Morgan fingerprint density at radius 1 is 0.818 bits per heavy atom. The fourth-order valence-electron chi connectivity index (χ4n) is 4.20. The second-order valence-electron chi connectivity index (χ2n) is 7.22.